The number of carbonyl (C=O) groups excluding carboxylic acids is 1. The van der Waals surface area contributed by atoms with E-state index in [1.807, 2.05) is 0 Å². The van der Waals surface area contributed by atoms with Crippen LogP contribution in [0.4, 0.5) is 0 Å². The van der Waals surface area contributed by atoms with Crippen molar-refractivity contribution in [3.05, 3.63) is 0 Å². The molecule has 80 valence electrons. The van der Waals surface area contributed by atoms with Gasteiger partial charge in [-0.25, -0.2) is 0 Å². The molecular formula is C9H15NO4. The van der Waals surface area contributed by atoms with Crippen LogP contribution in [0.2, 0.25) is 0 Å². The van der Waals surface area contributed by atoms with Gasteiger partial charge in [0.1, 0.15) is 6.10 Å². The van der Waals surface area contributed by atoms with Crippen molar-refractivity contribution < 1.29 is 19.4 Å². The molecule has 2 saturated heterocycles. The van der Waals surface area contributed by atoms with Crippen molar-refractivity contribution in [1.29, 1.82) is 0 Å². The zero-order chi connectivity index (χ0) is 9.97. The first-order valence-corrected chi connectivity index (χ1v) is 4.95. The van der Waals surface area contributed by atoms with Crippen molar-refractivity contribution in [1.82, 2.24) is 5.32 Å². The quantitative estimate of drug-likeness (QED) is 0.604. The summed E-state index contributed by atoms with van der Waals surface area (Å²) < 4.78 is 10.3. The third-order valence-corrected chi connectivity index (χ3v) is 2.60. The average Bonchev–Trinajstić information content (AvgIpc) is 2.77. The number of hydrogen-bond donors (Lipinski definition) is 2. The number of amides is 1. The molecule has 3 atom stereocenters. The van der Waals surface area contributed by atoms with Gasteiger partial charge in [-0.05, 0) is 12.8 Å². The summed E-state index contributed by atoms with van der Waals surface area (Å²) in [7, 11) is 0. The maximum Gasteiger partial charge on any atom is 0.249 e. The van der Waals surface area contributed by atoms with Crippen molar-refractivity contribution in [2.75, 3.05) is 19.8 Å². The first-order valence-electron chi connectivity index (χ1n) is 4.95. The predicted octanol–water partition coefficient (Wildman–Crippen LogP) is -0.959. The second-order valence-electron chi connectivity index (χ2n) is 3.72. The van der Waals surface area contributed by atoms with E-state index in [1.165, 1.54) is 0 Å². The molecule has 0 aromatic rings. The van der Waals surface area contributed by atoms with Gasteiger partial charge in [0.25, 0.3) is 0 Å². The largest absolute Gasteiger partial charge is 0.388 e. The Morgan fingerprint density at radius 3 is 2.86 bits per heavy atom. The second kappa shape index (κ2) is 4.25. The summed E-state index contributed by atoms with van der Waals surface area (Å²) in [5.74, 6) is -0.128. The molecule has 0 saturated carbocycles. The van der Waals surface area contributed by atoms with E-state index in [1.54, 1.807) is 0 Å². The molecule has 2 N–H and O–H groups in total. The van der Waals surface area contributed by atoms with Crippen LogP contribution in [0, 0.1) is 0 Å². The molecule has 0 aliphatic carbocycles. The van der Waals surface area contributed by atoms with Crippen LogP contribution in [-0.2, 0) is 14.3 Å². The summed E-state index contributed by atoms with van der Waals surface area (Å²) in [6, 6.07) is -0.272. The fraction of sp³-hybridized carbons (Fsp3) is 0.889. The highest BCUT2D eigenvalue weighted by atomic mass is 16.5. The topological polar surface area (TPSA) is 67.8 Å². The summed E-state index contributed by atoms with van der Waals surface area (Å²) in [5, 5.41) is 12.1. The average molecular weight is 201 g/mol. The van der Waals surface area contributed by atoms with Crippen LogP contribution in [0.15, 0.2) is 0 Å². The Labute approximate surface area is 82.4 Å². The molecule has 0 bridgehead atoms. The summed E-state index contributed by atoms with van der Waals surface area (Å²) in [6.45, 7) is 1.35. The maximum absolute atomic E-state index is 11.5. The van der Waals surface area contributed by atoms with Crippen LogP contribution in [0.25, 0.3) is 0 Å². The summed E-state index contributed by atoms with van der Waals surface area (Å²) >= 11 is 0. The van der Waals surface area contributed by atoms with E-state index in [9.17, 15) is 9.90 Å². The number of hydrogen-bond acceptors (Lipinski definition) is 4. The van der Waals surface area contributed by atoms with E-state index in [0.717, 1.165) is 12.8 Å². The minimum Gasteiger partial charge on any atom is -0.388 e. The molecule has 2 rings (SSSR count). The number of rotatable bonds is 2. The second-order valence-corrected chi connectivity index (χ2v) is 3.72. The van der Waals surface area contributed by atoms with Gasteiger partial charge >= 0.3 is 0 Å². The van der Waals surface area contributed by atoms with Gasteiger partial charge in [0.15, 0.2) is 0 Å². The zero-order valence-corrected chi connectivity index (χ0v) is 7.94. The Balaban J connectivity index is 1.81. The Kier molecular flexibility index (Phi) is 3.00. The maximum atomic E-state index is 11.5. The van der Waals surface area contributed by atoms with Gasteiger partial charge in [-0.3, -0.25) is 4.79 Å². The van der Waals surface area contributed by atoms with E-state index in [-0.39, 0.29) is 18.1 Å². The van der Waals surface area contributed by atoms with Crippen molar-refractivity contribution in [3.8, 4) is 0 Å². The number of ether oxygens (including phenoxy) is 2. The third kappa shape index (κ3) is 2.05. The van der Waals surface area contributed by atoms with Gasteiger partial charge in [-0.1, -0.05) is 0 Å². The molecule has 1 amide bonds. The molecule has 5 nitrogen and oxygen atoms in total. The van der Waals surface area contributed by atoms with Crippen molar-refractivity contribution in [2.24, 2.45) is 0 Å². The monoisotopic (exact) mass is 201 g/mol. The summed E-state index contributed by atoms with van der Waals surface area (Å²) in [4.78, 5) is 11.5. The molecule has 14 heavy (non-hydrogen) atoms. The predicted molar refractivity (Wildman–Crippen MR) is 47.7 cm³/mol. The van der Waals surface area contributed by atoms with Crippen LogP contribution in [0.1, 0.15) is 12.8 Å². The van der Waals surface area contributed by atoms with Crippen LogP contribution < -0.4 is 5.32 Å². The lowest BCUT2D eigenvalue weighted by molar-refractivity contribution is -0.131. The first-order chi connectivity index (χ1) is 6.77. The van der Waals surface area contributed by atoms with Gasteiger partial charge in [0.2, 0.25) is 5.91 Å². The Hall–Kier alpha value is -0.650. The van der Waals surface area contributed by atoms with Gasteiger partial charge in [-0.15, -0.1) is 0 Å². The smallest absolute Gasteiger partial charge is 0.249 e. The molecule has 2 fully saturated rings. The molecule has 5 heteroatoms. The minimum absolute atomic E-state index is 0.128. The van der Waals surface area contributed by atoms with E-state index in [2.05, 4.69) is 5.32 Å². The number of aliphatic hydroxyl groups is 1. The lowest BCUT2D eigenvalue weighted by Crippen LogP contribution is -2.46. The molecule has 0 radical (unpaired) electrons. The molecule has 2 aliphatic heterocycles. The molecule has 2 unspecified atom stereocenters. The van der Waals surface area contributed by atoms with E-state index in [4.69, 9.17) is 9.47 Å². The van der Waals surface area contributed by atoms with Gasteiger partial charge in [-0.2, -0.15) is 0 Å². The number of nitrogens with one attached hydrogen (secondary N) is 1. The van der Waals surface area contributed by atoms with Crippen LogP contribution in [-0.4, -0.2) is 49.1 Å². The molecule has 2 aliphatic rings. The molecule has 0 aromatic carbocycles. The van der Waals surface area contributed by atoms with Crippen LogP contribution in [0.3, 0.4) is 0 Å². The molecule has 0 aromatic heterocycles. The van der Waals surface area contributed by atoms with Crippen molar-refractivity contribution in [3.63, 3.8) is 0 Å². The lowest BCUT2D eigenvalue weighted by Gasteiger charge is -2.17. The fourth-order valence-electron chi connectivity index (χ4n) is 1.74. The molecular weight excluding hydrogens is 186 g/mol. The number of aliphatic hydroxyl groups excluding tert-OH is 1. The Bertz CT molecular complexity index is 215. The zero-order valence-electron chi connectivity index (χ0n) is 7.94. The van der Waals surface area contributed by atoms with Gasteiger partial charge in [0, 0.05) is 6.61 Å². The Morgan fingerprint density at radius 2 is 2.29 bits per heavy atom. The number of carbonyl (C=O) groups is 1. The summed E-state index contributed by atoms with van der Waals surface area (Å²) in [5.41, 5.74) is 0. The van der Waals surface area contributed by atoms with Crippen molar-refractivity contribution in [2.45, 2.75) is 31.1 Å². The van der Waals surface area contributed by atoms with Gasteiger partial charge < -0.3 is 19.9 Å². The van der Waals surface area contributed by atoms with E-state index < -0.39 is 6.10 Å². The summed E-state index contributed by atoms with van der Waals surface area (Å²) in [6.07, 6.45) is 0.792. The molecule has 2 heterocycles. The molecule has 0 spiro atoms. The van der Waals surface area contributed by atoms with Gasteiger partial charge in [0.05, 0.1) is 25.4 Å². The Morgan fingerprint density at radius 1 is 1.43 bits per heavy atom. The fourth-order valence-corrected chi connectivity index (χ4v) is 1.74. The highest BCUT2D eigenvalue weighted by molar-refractivity contribution is 5.81. The highest BCUT2D eigenvalue weighted by Crippen LogP contribution is 2.13. The SMILES string of the molecule is O=C(NC1COCC1O)[C@H]1CCCO1. The first kappa shape index (κ1) is 9.89. The van der Waals surface area contributed by atoms with E-state index >= 15 is 0 Å². The van der Waals surface area contributed by atoms with Crippen LogP contribution in [0.5, 0.6) is 0 Å². The van der Waals surface area contributed by atoms with Crippen molar-refractivity contribution >= 4 is 5.91 Å². The lowest BCUT2D eigenvalue weighted by atomic mass is 10.2. The van der Waals surface area contributed by atoms with E-state index in [0.29, 0.717) is 19.8 Å². The normalized spacial score (nSPS) is 37.4. The van der Waals surface area contributed by atoms with Crippen LogP contribution >= 0.6 is 0 Å². The third-order valence-electron chi connectivity index (χ3n) is 2.60. The minimum atomic E-state index is -0.583. The highest BCUT2D eigenvalue weighted by Gasteiger charge is 2.31. The standard InChI is InChI=1S/C9H15NO4/c11-7-5-13-4-6(7)10-9(12)8-2-1-3-14-8/h6-8,11H,1-5H2,(H,10,12)/t6?,7?,8-/m1/s1.